The molecule has 4 nitrogen and oxygen atoms in total. The number of ether oxygens (including phenoxy) is 1. The van der Waals surface area contributed by atoms with E-state index >= 15 is 0 Å². The van der Waals surface area contributed by atoms with Crippen LogP contribution in [-0.2, 0) is 4.74 Å². The monoisotopic (exact) mass is 235 g/mol. The third-order valence-electron chi connectivity index (χ3n) is 2.54. The van der Waals surface area contributed by atoms with E-state index in [0.717, 1.165) is 12.8 Å². The first-order valence-electron chi connectivity index (χ1n) is 5.61. The summed E-state index contributed by atoms with van der Waals surface area (Å²) >= 11 is 0. The quantitative estimate of drug-likeness (QED) is 0.483. The average Bonchev–Trinajstić information content (AvgIpc) is 2.34. The summed E-state index contributed by atoms with van der Waals surface area (Å²) in [5.41, 5.74) is 6.82. The highest BCUT2D eigenvalue weighted by Gasteiger charge is 2.12. The van der Waals surface area contributed by atoms with Gasteiger partial charge in [0.2, 0.25) is 0 Å². The number of hydrogen-bond acceptors (Lipinski definition) is 4. The summed E-state index contributed by atoms with van der Waals surface area (Å²) in [7, 11) is 1.29. The molecule has 0 saturated carbocycles. The van der Waals surface area contributed by atoms with Gasteiger partial charge in [-0.1, -0.05) is 19.4 Å². The van der Waals surface area contributed by atoms with Crippen molar-refractivity contribution in [3.8, 4) is 0 Å². The van der Waals surface area contributed by atoms with E-state index in [0.29, 0.717) is 17.5 Å². The Labute approximate surface area is 101 Å². The molecule has 0 unspecified atom stereocenters. The molecule has 0 fully saturated rings. The van der Waals surface area contributed by atoms with Crippen molar-refractivity contribution in [2.45, 2.75) is 26.2 Å². The standard InChI is InChI=1S/C13H17NO3/c1-3-4-5-12(15)9-6-7-10(11(14)8-9)13(16)17-2/h6-8H,3-5,14H2,1-2H3. The van der Waals surface area contributed by atoms with Crippen LogP contribution in [0, 0.1) is 0 Å². The van der Waals surface area contributed by atoms with E-state index in [1.54, 1.807) is 6.07 Å². The number of nitrogen functional groups attached to an aromatic ring is 1. The minimum Gasteiger partial charge on any atom is -0.465 e. The third-order valence-corrected chi connectivity index (χ3v) is 2.54. The molecule has 0 spiro atoms. The molecule has 0 radical (unpaired) electrons. The number of nitrogens with two attached hydrogens (primary N) is 1. The maximum atomic E-state index is 11.7. The number of benzene rings is 1. The van der Waals surface area contributed by atoms with Crippen LogP contribution < -0.4 is 5.73 Å². The normalized spacial score (nSPS) is 10.0. The number of unbranched alkanes of at least 4 members (excludes halogenated alkanes) is 1. The molecule has 0 aliphatic rings. The highest BCUT2D eigenvalue weighted by Crippen LogP contribution is 2.17. The lowest BCUT2D eigenvalue weighted by Crippen LogP contribution is -2.07. The molecule has 0 amide bonds. The second-order valence-electron chi connectivity index (χ2n) is 3.82. The Morgan fingerprint density at radius 3 is 2.59 bits per heavy atom. The fourth-order valence-electron chi connectivity index (χ4n) is 1.51. The van der Waals surface area contributed by atoms with E-state index in [2.05, 4.69) is 4.74 Å². The Hall–Kier alpha value is -1.84. The minimum atomic E-state index is -0.491. The van der Waals surface area contributed by atoms with Crippen LogP contribution in [0.15, 0.2) is 18.2 Å². The van der Waals surface area contributed by atoms with Gasteiger partial charge in [0, 0.05) is 17.7 Å². The van der Waals surface area contributed by atoms with E-state index in [-0.39, 0.29) is 11.5 Å². The zero-order chi connectivity index (χ0) is 12.8. The predicted molar refractivity (Wildman–Crippen MR) is 66.0 cm³/mol. The van der Waals surface area contributed by atoms with Crippen molar-refractivity contribution in [2.24, 2.45) is 0 Å². The van der Waals surface area contributed by atoms with Crippen molar-refractivity contribution in [1.29, 1.82) is 0 Å². The molecule has 0 heterocycles. The third kappa shape index (κ3) is 3.31. The number of carbonyl (C=O) groups excluding carboxylic acids is 2. The summed E-state index contributed by atoms with van der Waals surface area (Å²) in [5.74, 6) is -0.440. The van der Waals surface area contributed by atoms with Gasteiger partial charge in [-0.15, -0.1) is 0 Å². The lowest BCUT2D eigenvalue weighted by Gasteiger charge is -2.06. The van der Waals surface area contributed by atoms with Crippen molar-refractivity contribution in [2.75, 3.05) is 12.8 Å². The Bertz CT molecular complexity index is 427. The molecule has 4 heteroatoms. The van der Waals surface area contributed by atoms with Gasteiger partial charge in [-0.3, -0.25) is 4.79 Å². The lowest BCUT2D eigenvalue weighted by atomic mass is 10.0. The summed E-state index contributed by atoms with van der Waals surface area (Å²) in [4.78, 5) is 23.0. The van der Waals surface area contributed by atoms with Gasteiger partial charge in [-0.2, -0.15) is 0 Å². The fourth-order valence-corrected chi connectivity index (χ4v) is 1.51. The van der Waals surface area contributed by atoms with E-state index in [9.17, 15) is 9.59 Å². The molecule has 0 atom stereocenters. The molecule has 0 bridgehead atoms. The first kappa shape index (κ1) is 13.2. The van der Waals surface area contributed by atoms with Crippen LogP contribution in [0.5, 0.6) is 0 Å². The van der Waals surface area contributed by atoms with Crippen LogP contribution in [-0.4, -0.2) is 18.9 Å². The molecule has 0 aromatic heterocycles. The van der Waals surface area contributed by atoms with Crippen LogP contribution in [0.2, 0.25) is 0 Å². The number of methoxy groups -OCH3 is 1. The summed E-state index contributed by atoms with van der Waals surface area (Å²) in [6, 6.07) is 4.67. The molecule has 0 aliphatic heterocycles. The van der Waals surface area contributed by atoms with Crippen molar-refractivity contribution in [3.05, 3.63) is 29.3 Å². The fraction of sp³-hybridized carbons (Fsp3) is 0.385. The molecular formula is C13H17NO3. The van der Waals surface area contributed by atoms with E-state index < -0.39 is 5.97 Å². The Morgan fingerprint density at radius 2 is 2.06 bits per heavy atom. The van der Waals surface area contributed by atoms with Crippen molar-refractivity contribution >= 4 is 17.4 Å². The van der Waals surface area contributed by atoms with Gasteiger partial charge >= 0.3 is 5.97 Å². The topological polar surface area (TPSA) is 69.4 Å². The number of rotatable bonds is 5. The smallest absolute Gasteiger partial charge is 0.339 e. The van der Waals surface area contributed by atoms with Crippen LogP contribution in [0.4, 0.5) is 5.69 Å². The number of ketones is 1. The van der Waals surface area contributed by atoms with Crippen LogP contribution >= 0.6 is 0 Å². The van der Waals surface area contributed by atoms with E-state index in [4.69, 9.17) is 5.73 Å². The molecule has 2 N–H and O–H groups in total. The van der Waals surface area contributed by atoms with Crippen LogP contribution in [0.25, 0.3) is 0 Å². The first-order chi connectivity index (χ1) is 8.10. The molecule has 17 heavy (non-hydrogen) atoms. The number of hydrogen-bond donors (Lipinski definition) is 1. The number of anilines is 1. The van der Waals surface area contributed by atoms with Crippen LogP contribution in [0.1, 0.15) is 46.9 Å². The molecule has 1 aromatic carbocycles. The summed E-state index contributed by atoms with van der Waals surface area (Å²) in [5, 5.41) is 0. The molecule has 92 valence electrons. The number of Topliss-reactive ketones (excluding diaryl/α,β-unsaturated/α-hetero) is 1. The zero-order valence-corrected chi connectivity index (χ0v) is 10.2. The summed E-state index contributed by atoms with van der Waals surface area (Å²) in [6.07, 6.45) is 2.34. The minimum absolute atomic E-state index is 0.0509. The van der Waals surface area contributed by atoms with Crippen molar-refractivity contribution < 1.29 is 14.3 Å². The molecule has 1 rings (SSSR count). The largest absolute Gasteiger partial charge is 0.465 e. The Kier molecular flexibility index (Phi) is 4.69. The van der Waals surface area contributed by atoms with E-state index in [1.165, 1.54) is 19.2 Å². The van der Waals surface area contributed by atoms with Gasteiger partial charge in [-0.05, 0) is 18.6 Å². The van der Waals surface area contributed by atoms with Crippen molar-refractivity contribution in [1.82, 2.24) is 0 Å². The maximum absolute atomic E-state index is 11.7. The van der Waals surface area contributed by atoms with Crippen LogP contribution in [0.3, 0.4) is 0 Å². The van der Waals surface area contributed by atoms with Gasteiger partial charge < -0.3 is 10.5 Å². The zero-order valence-electron chi connectivity index (χ0n) is 10.2. The lowest BCUT2D eigenvalue weighted by molar-refractivity contribution is 0.0601. The summed E-state index contributed by atoms with van der Waals surface area (Å²) in [6.45, 7) is 2.03. The highest BCUT2D eigenvalue weighted by molar-refractivity contribution is 6.00. The van der Waals surface area contributed by atoms with Gasteiger partial charge in [0.05, 0.1) is 12.7 Å². The number of carbonyl (C=O) groups is 2. The first-order valence-corrected chi connectivity index (χ1v) is 5.61. The van der Waals surface area contributed by atoms with Gasteiger partial charge in [0.25, 0.3) is 0 Å². The molecule has 0 saturated heterocycles. The summed E-state index contributed by atoms with van der Waals surface area (Å²) < 4.78 is 4.58. The highest BCUT2D eigenvalue weighted by atomic mass is 16.5. The SMILES string of the molecule is CCCCC(=O)c1ccc(C(=O)OC)c(N)c1. The van der Waals surface area contributed by atoms with Gasteiger partial charge in [0.1, 0.15) is 0 Å². The maximum Gasteiger partial charge on any atom is 0.339 e. The average molecular weight is 235 g/mol. The Morgan fingerprint density at radius 1 is 1.35 bits per heavy atom. The van der Waals surface area contributed by atoms with Crippen molar-refractivity contribution in [3.63, 3.8) is 0 Å². The van der Waals surface area contributed by atoms with E-state index in [1.807, 2.05) is 6.92 Å². The Balaban J connectivity index is 2.88. The van der Waals surface area contributed by atoms with Gasteiger partial charge in [0.15, 0.2) is 5.78 Å². The number of esters is 1. The predicted octanol–water partition coefficient (Wildman–Crippen LogP) is 2.43. The van der Waals surface area contributed by atoms with Gasteiger partial charge in [-0.25, -0.2) is 4.79 Å². The molecule has 0 aliphatic carbocycles. The second kappa shape index (κ2) is 6.03. The molecular weight excluding hydrogens is 218 g/mol. The second-order valence-corrected chi connectivity index (χ2v) is 3.82. The molecule has 1 aromatic rings.